The molecule has 84 valence electrons. The number of hydrogen-bond acceptors (Lipinski definition) is 2. The van der Waals surface area contributed by atoms with Crippen molar-refractivity contribution in [1.82, 2.24) is 0 Å². The fraction of sp³-hybridized carbons (Fsp3) is 0.250. The molecular formula is C12H11BrO3. The quantitative estimate of drug-likeness (QED) is 0.685. The van der Waals surface area contributed by atoms with Crippen LogP contribution in [0.25, 0.3) is 0 Å². The molecule has 1 aromatic carbocycles. The van der Waals surface area contributed by atoms with Gasteiger partial charge in [-0.3, -0.25) is 0 Å². The zero-order valence-electron chi connectivity index (χ0n) is 8.79. The van der Waals surface area contributed by atoms with Crippen molar-refractivity contribution in [1.29, 1.82) is 0 Å². The Morgan fingerprint density at radius 2 is 2.31 bits per heavy atom. The fourth-order valence-corrected chi connectivity index (χ4v) is 1.34. The number of benzene rings is 1. The summed E-state index contributed by atoms with van der Waals surface area (Å²) in [5.41, 5.74) is 0.677. The van der Waals surface area contributed by atoms with E-state index < -0.39 is 5.97 Å². The van der Waals surface area contributed by atoms with E-state index in [0.29, 0.717) is 17.7 Å². The molecule has 0 radical (unpaired) electrons. The van der Waals surface area contributed by atoms with Crippen LogP contribution in [0.3, 0.4) is 0 Å². The average Bonchev–Trinajstić information content (AvgIpc) is 2.29. The molecule has 0 aliphatic rings. The highest BCUT2D eigenvalue weighted by molar-refractivity contribution is 9.09. The van der Waals surface area contributed by atoms with E-state index in [-0.39, 0.29) is 5.56 Å². The second-order valence-electron chi connectivity index (χ2n) is 2.96. The maximum atomic E-state index is 11.0. The lowest BCUT2D eigenvalue weighted by Gasteiger charge is -2.03. The van der Waals surface area contributed by atoms with Crippen LogP contribution in [-0.4, -0.2) is 23.5 Å². The largest absolute Gasteiger partial charge is 0.497 e. The minimum absolute atomic E-state index is 0.168. The molecule has 0 saturated heterocycles. The molecule has 0 unspecified atom stereocenters. The molecular weight excluding hydrogens is 272 g/mol. The lowest BCUT2D eigenvalue weighted by atomic mass is 10.1. The van der Waals surface area contributed by atoms with Crippen molar-refractivity contribution < 1.29 is 14.6 Å². The molecule has 0 atom stereocenters. The minimum Gasteiger partial charge on any atom is -0.497 e. The molecule has 0 amide bonds. The van der Waals surface area contributed by atoms with Crippen LogP contribution < -0.4 is 4.74 Å². The Kier molecular flexibility index (Phi) is 4.87. The molecule has 1 N–H and O–H groups in total. The zero-order valence-corrected chi connectivity index (χ0v) is 10.4. The standard InChI is InChI=1S/C12H11BrO3/c1-16-10-6-5-9(4-2-3-7-13)11(8-10)12(14)15/h5-6,8H,3,7H2,1H3,(H,14,15). The first kappa shape index (κ1) is 12.6. The zero-order chi connectivity index (χ0) is 12.0. The van der Waals surface area contributed by atoms with Crippen LogP contribution >= 0.6 is 15.9 Å². The number of ether oxygens (including phenoxy) is 1. The fourth-order valence-electron chi connectivity index (χ4n) is 1.14. The summed E-state index contributed by atoms with van der Waals surface area (Å²) in [5, 5.41) is 9.79. The molecule has 1 aromatic rings. The third-order valence-corrected chi connectivity index (χ3v) is 2.30. The van der Waals surface area contributed by atoms with Crippen LogP contribution in [0.5, 0.6) is 5.75 Å². The van der Waals surface area contributed by atoms with Crippen molar-refractivity contribution >= 4 is 21.9 Å². The number of rotatable bonds is 3. The van der Waals surface area contributed by atoms with E-state index in [4.69, 9.17) is 9.84 Å². The number of carbonyl (C=O) groups is 1. The Hall–Kier alpha value is -1.47. The molecule has 0 aromatic heterocycles. The van der Waals surface area contributed by atoms with Gasteiger partial charge in [0.1, 0.15) is 5.75 Å². The van der Waals surface area contributed by atoms with Crippen LogP contribution in [-0.2, 0) is 0 Å². The van der Waals surface area contributed by atoms with E-state index in [1.165, 1.54) is 13.2 Å². The monoisotopic (exact) mass is 282 g/mol. The first-order valence-corrected chi connectivity index (χ1v) is 5.77. The highest BCUT2D eigenvalue weighted by Gasteiger charge is 2.09. The van der Waals surface area contributed by atoms with Gasteiger partial charge in [-0.25, -0.2) is 4.79 Å². The number of halogens is 1. The second kappa shape index (κ2) is 6.19. The highest BCUT2D eigenvalue weighted by atomic mass is 79.9. The van der Waals surface area contributed by atoms with Gasteiger partial charge in [-0.15, -0.1) is 0 Å². The molecule has 0 aliphatic heterocycles. The van der Waals surface area contributed by atoms with E-state index in [0.717, 1.165) is 5.33 Å². The van der Waals surface area contributed by atoms with E-state index in [2.05, 4.69) is 27.8 Å². The van der Waals surface area contributed by atoms with Gasteiger partial charge in [-0.1, -0.05) is 27.8 Å². The summed E-state index contributed by atoms with van der Waals surface area (Å²) in [5.74, 6) is 5.23. The Morgan fingerprint density at radius 1 is 1.56 bits per heavy atom. The molecule has 3 nitrogen and oxygen atoms in total. The summed E-state index contributed by atoms with van der Waals surface area (Å²) in [6, 6.07) is 4.83. The maximum Gasteiger partial charge on any atom is 0.337 e. The summed E-state index contributed by atoms with van der Waals surface area (Å²) in [6.45, 7) is 0. The molecule has 1 rings (SSSR count). The Labute approximate surface area is 103 Å². The molecule has 0 spiro atoms. The van der Waals surface area contributed by atoms with Crippen molar-refractivity contribution in [2.75, 3.05) is 12.4 Å². The van der Waals surface area contributed by atoms with Crippen molar-refractivity contribution in [2.24, 2.45) is 0 Å². The first-order chi connectivity index (χ1) is 7.69. The molecule has 0 heterocycles. The van der Waals surface area contributed by atoms with Crippen molar-refractivity contribution in [3.63, 3.8) is 0 Å². The lowest BCUT2D eigenvalue weighted by molar-refractivity contribution is 0.0696. The second-order valence-corrected chi connectivity index (χ2v) is 3.75. The number of methoxy groups -OCH3 is 1. The van der Waals surface area contributed by atoms with Crippen molar-refractivity contribution in [3.8, 4) is 17.6 Å². The van der Waals surface area contributed by atoms with E-state index in [1.54, 1.807) is 12.1 Å². The Morgan fingerprint density at radius 3 is 2.88 bits per heavy atom. The third-order valence-electron chi connectivity index (χ3n) is 1.90. The van der Waals surface area contributed by atoms with Gasteiger partial charge in [0.25, 0.3) is 0 Å². The molecule has 0 bridgehead atoms. The molecule has 4 heteroatoms. The predicted octanol–water partition coefficient (Wildman–Crippen LogP) is 2.53. The van der Waals surface area contributed by atoms with Crippen LogP contribution in [0.2, 0.25) is 0 Å². The van der Waals surface area contributed by atoms with Crippen LogP contribution in [0, 0.1) is 11.8 Å². The van der Waals surface area contributed by atoms with Gasteiger partial charge in [-0.2, -0.15) is 0 Å². The summed E-state index contributed by atoms with van der Waals surface area (Å²) < 4.78 is 4.97. The van der Waals surface area contributed by atoms with Gasteiger partial charge in [0.2, 0.25) is 0 Å². The van der Waals surface area contributed by atoms with Gasteiger partial charge >= 0.3 is 5.97 Å². The van der Waals surface area contributed by atoms with Gasteiger partial charge in [0.15, 0.2) is 0 Å². The van der Waals surface area contributed by atoms with Gasteiger partial charge in [0.05, 0.1) is 12.7 Å². The smallest absolute Gasteiger partial charge is 0.337 e. The van der Waals surface area contributed by atoms with Gasteiger partial charge < -0.3 is 9.84 Å². The number of carboxylic acids is 1. The van der Waals surface area contributed by atoms with Gasteiger partial charge in [0, 0.05) is 17.3 Å². The number of carboxylic acid groups (broad SMARTS) is 1. The van der Waals surface area contributed by atoms with Crippen LogP contribution in [0.1, 0.15) is 22.3 Å². The highest BCUT2D eigenvalue weighted by Crippen LogP contribution is 2.17. The summed E-state index contributed by atoms with van der Waals surface area (Å²) >= 11 is 3.25. The van der Waals surface area contributed by atoms with E-state index >= 15 is 0 Å². The van der Waals surface area contributed by atoms with Crippen LogP contribution in [0.4, 0.5) is 0 Å². The SMILES string of the molecule is COc1ccc(C#CCCBr)c(C(=O)O)c1. The maximum absolute atomic E-state index is 11.0. The normalized spacial score (nSPS) is 9.12. The lowest BCUT2D eigenvalue weighted by Crippen LogP contribution is -2.00. The molecule has 16 heavy (non-hydrogen) atoms. The van der Waals surface area contributed by atoms with Crippen molar-refractivity contribution in [3.05, 3.63) is 29.3 Å². The average molecular weight is 283 g/mol. The first-order valence-electron chi connectivity index (χ1n) is 4.65. The summed E-state index contributed by atoms with van der Waals surface area (Å²) in [6.07, 6.45) is 0.686. The summed E-state index contributed by atoms with van der Waals surface area (Å²) in [7, 11) is 1.50. The summed E-state index contributed by atoms with van der Waals surface area (Å²) in [4.78, 5) is 11.0. The number of hydrogen-bond donors (Lipinski definition) is 1. The van der Waals surface area contributed by atoms with Crippen LogP contribution in [0.15, 0.2) is 18.2 Å². The Bertz CT molecular complexity index is 443. The third kappa shape index (κ3) is 3.28. The minimum atomic E-state index is -0.998. The number of alkyl halides is 1. The topological polar surface area (TPSA) is 46.5 Å². The van der Waals surface area contributed by atoms with E-state index in [1.807, 2.05) is 0 Å². The molecule has 0 fully saturated rings. The van der Waals surface area contributed by atoms with E-state index in [9.17, 15) is 4.79 Å². The van der Waals surface area contributed by atoms with Crippen molar-refractivity contribution in [2.45, 2.75) is 6.42 Å². The molecule has 0 aliphatic carbocycles. The Balaban J connectivity index is 3.09. The molecule has 0 saturated carbocycles. The predicted molar refractivity (Wildman–Crippen MR) is 65.2 cm³/mol. The number of aromatic carboxylic acids is 1. The van der Waals surface area contributed by atoms with Gasteiger partial charge in [-0.05, 0) is 18.2 Å².